The van der Waals surface area contributed by atoms with E-state index in [2.05, 4.69) is 5.32 Å². The Morgan fingerprint density at radius 3 is 2.74 bits per heavy atom. The van der Waals surface area contributed by atoms with Crippen LogP contribution in [0.4, 0.5) is 8.78 Å². The molecule has 2 aliphatic heterocycles. The highest BCUT2D eigenvalue weighted by Gasteiger charge is 2.38. The van der Waals surface area contributed by atoms with Gasteiger partial charge in [0.05, 0.1) is 5.56 Å². The summed E-state index contributed by atoms with van der Waals surface area (Å²) in [5.74, 6) is -1.11. The van der Waals surface area contributed by atoms with Gasteiger partial charge in [-0.15, -0.1) is 0 Å². The van der Waals surface area contributed by atoms with Crippen LogP contribution in [0.5, 0.6) is 0 Å². The third-order valence-corrected chi connectivity index (χ3v) is 5.66. The number of hydrogen-bond donors (Lipinski definition) is 1. The number of rotatable bonds is 5. The first kappa shape index (κ1) is 19.7. The first-order chi connectivity index (χ1) is 12.8. The average molecular weight is 379 g/mol. The van der Waals surface area contributed by atoms with E-state index in [1.54, 1.807) is 23.9 Å². The van der Waals surface area contributed by atoms with E-state index >= 15 is 0 Å². The second kappa shape index (κ2) is 8.33. The number of halogens is 2. The van der Waals surface area contributed by atoms with Crippen LogP contribution in [0.2, 0.25) is 0 Å². The lowest BCUT2D eigenvalue weighted by molar-refractivity contribution is -0.128. The number of benzene rings is 1. The second-order valence-electron chi connectivity index (χ2n) is 7.89. The van der Waals surface area contributed by atoms with E-state index < -0.39 is 11.6 Å². The summed E-state index contributed by atoms with van der Waals surface area (Å²) in [4.78, 5) is 27.8. The van der Waals surface area contributed by atoms with Crippen molar-refractivity contribution >= 4 is 11.8 Å². The molecule has 2 fully saturated rings. The number of likely N-dealkylation sites (tertiary alicyclic amines) is 1. The van der Waals surface area contributed by atoms with Crippen LogP contribution in [0.1, 0.15) is 36.0 Å². The SMILES string of the molecule is CN(C)C(=O)CCC[C@H]1NCC2CC1CN(C(=O)c1ccc(F)cc1F)C2. The van der Waals surface area contributed by atoms with Gasteiger partial charge in [0.25, 0.3) is 5.91 Å². The molecule has 7 heteroatoms. The van der Waals surface area contributed by atoms with E-state index in [-0.39, 0.29) is 23.4 Å². The van der Waals surface area contributed by atoms with Crippen LogP contribution in [0.3, 0.4) is 0 Å². The van der Waals surface area contributed by atoms with Crippen molar-refractivity contribution in [1.82, 2.24) is 15.1 Å². The molecule has 2 amide bonds. The van der Waals surface area contributed by atoms with Crippen LogP contribution in [0, 0.1) is 23.5 Å². The normalized spacial score (nSPS) is 24.6. The number of carbonyl (C=O) groups is 2. The molecule has 1 aromatic rings. The van der Waals surface area contributed by atoms with E-state index in [4.69, 9.17) is 0 Å². The zero-order valence-electron chi connectivity index (χ0n) is 15.9. The number of hydrogen-bond acceptors (Lipinski definition) is 3. The molecule has 3 atom stereocenters. The number of nitrogens with one attached hydrogen (secondary N) is 1. The summed E-state index contributed by atoms with van der Waals surface area (Å²) in [6.45, 7) is 1.97. The maximum Gasteiger partial charge on any atom is 0.256 e. The Morgan fingerprint density at radius 1 is 1.26 bits per heavy atom. The van der Waals surface area contributed by atoms with Crippen molar-refractivity contribution in [1.29, 1.82) is 0 Å². The molecule has 1 aromatic carbocycles. The molecule has 2 unspecified atom stereocenters. The third-order valence-electron chi connectivity index (χ3n) is 5.66. The molecule has 5 nitrogen and oxygen atoms in total. The first-order valence-electron chi connectivity index (χ1n) is 9.53. The van der Waals surface area contributed by atoms with Crippen LogP contribution < -0.4 is 5.32 Å². The summed E-state index contributed by atoms with van der Waals surface area (Å²) >= 11 is 0. The fraction of sp³-hybridized carbons (Fsp3) is 0.600. The summed E-state index contributed by atoms with van der Waals surface area (Å²) in [6, 6.07) is 3.35. The molecule has 0 spiro atoms. The highest BCUT2D eigenvalue weighted by Crippen LogP contribution is 2.31. The van der Waals surface area contributed by atoms with Crippen LogP contribution >= 0.6 is 0 Å². The number of carbonyl (C=O) groups excluding carboxylic acids is 2. The van der Waals surface area contributed by atoms with Gasteiger partial charge >= 0.3 is 0 Å². The molecule has 1 N–H and O–H groups in total. The molecule has 0 aliphatic carbocycles. The highest BCUT2D eigenvalue weighted by molar-refractivity contribution is 5.94. The molecule has 2 saturated heterocycles. The van der Waals surface area contributed by atoms with Gasteiger partial charge in [-0.3, -0.25) is 9.59 Å². The van der Waals surface area contributed by atoms with Crippen molar-refractivity contribution in [3.8, 4) is 0 Å². The number of fused-ring (bicyclic) bond motifs is 2. The smallest absolute Gasteiger partial charge is 0.256 e. The summed E-state index contributed by atoms with van der Waals surface area (Å²) in [5.41, 5.74) is -0.0718. The van der Waals surface area contributed by atoms with Crippen LogP contribution in [0.15, 0.2) is 18.2 Å². The van der Waals surface area contributed by atoms with Crippen molar-refractivity contribution in [2.45, 2.75) is 31.7 Å². The van der Waals surface area contributed by atoms with E-state index in [0.29, 0.717) is 31.3 Å². The van der Waals surface area contributed by atoms with Crippen molar-refractivity contribution in [2.24, 2.45) is 11.8 Å². The Bertz CT molecular complexity index is 710. The molecular weight excluding hydrogens is 352 g/mol. The Morgan fingerprint density at radius 2 is 2.04 bits per heavy atom. The molecule has 2 bridgehead atoms. The van der Waals surface area contributed by atoms with E-state index in [1.165, 1.54) is 6.07 Å². The van der Waals surface area contributed by atoms with Crippen molar-refractivity contribution < 1.29 is 18.4 Å². The molecule has 0 aromatic heterocycles. The van der Waals surface area contributed by atoms with Gasteiger partial charge in [0.1, 0.15) is 11.6 Å². The van der Waals surface area contributed by atoms with Crippen molar-refractivity contribution in [2.75, 3.05) is 33.7 Å². The summed E-state index contributed by atoms with van der Waals surface area (Å²) < 4.78 is 27.1. The molecule has 27 heavy (non-hydrogen) atoms. The lowest BCUT2D eigenvalue weighted by Crippen LogP contribution is -2.57. The molecule has 3 rings (SSSR count). The molecule has 2 aliphatic rings. The minimum Gasteiger partial charge on any atom is -0.349 e. The van der Waals surface area contributed by atoms with Crippen LogP contribution in [-0.2, 0) is 4.79 Å². The first-order valence-corrected chi connectivity index (χ1v) is 9.53. The topological polar surface area (TPSA) is 52.7 Å². The molecule has 2 heterocycles. The Hall–Kier alpha value is -2.02. The van der Waals surface area contributed by atoms with Gasteiger partial charge in [-0.1, -0.05) is 0 Å². The maximum atomic E-state index is 14.0. The number of nitrogens with zero attached hydrogens (tertiary/aromatic N) is 2. The quantitative estimate of drug-likeness (QED) is 0.854. The van der Waals surface area contributed by atoms with Gasteiger partial charge in [0, 0.05) is 45.7 Å². The zero-order chi connectivity index (χ0) is 19.6. The van der Waals surface area contributed by atoms with E-state index in [1.807, 2.05) is 0 Å². The average Bonchev–Trinajstić information content (AvgIpc) is 2.62. The van der Waals surface area contributed by atoms with Gasteiger partial charge in [-0.05, 0) is 49.8 Å². The summed E-state index contributed by atoms with van der Waals surface area (Å²) in [5, 5.41) is 3.56. The second-order valence-corrected chi connectivity index (χ2v) is 7.89. The minimum absolute atomic E-state index is 0.0718. The lowest BCUT2D eigenvalue weighted by atomic mass is 9.79. The molecule has 0 radical (unpaired) electrons. The predicted molar refractivity (Wildman–Crippen MR) is 98.2 cm³/mol. The van der Waals surface area contributed by atoms with Crippen LogP contribution in [0.25, 0.3) is 0 Å². The largest absolute Gasteiger partial charge is 0.349 e. The monoisotopic (exact) mass is 379 g/mol. The van der Waals surface area contributed by atoms with Gasteiger partial charge in [0.15, 0.2) is 0 Å². The van der Waals surface area contributed by atoms with Gasteiger partial charge in [-0.25, -0.2) is 8.78 Å². The lowest BCUT2D eigenvalue weighted by Gasteiger charge is -2.46. The Balaban J connectivity index is 1.61. The fourth-order valence-electron chi connectivity index (χ4n) is 4.20. The maximum absolute atomic E-state index is 14.0. The van der Waals surface area contributed by atoms with Crippen molar-refractivity contribution in [3.63, 3.8) is 0 Å². The van der Waals surface area contributed by atoms with Gasteiger partial charge < -0.3 is 15.1 Å². The fourth-order valence-corrected chi connectivity index (χ4v) is 4.20. The molecular formula is C20H27F2N3O2. The van der Waals surface area contributed by atoms with Gasteiger partial charge in [0.2, 0.25) is 5.91 Å². The zero-order valence-corrected chi connectivity index (χ0v) is 15.9. The molecule has 0 saturated carbocycles. The van der Waals surface area contributed by atoms with E-state index in [9.17, 15) is 18.4 Å². The number of amides is 2. The highest BCUT2D eigenvalue weighted by atomic mass is 19.1. The van der Waals surface area contributed by atoms with Crippen LogP contribution in [-0.4, -0.2) is 61.4 Å². The predicted octanol–water partition coefficient (Wildman–Crippen LogP) is 2.27. The Kier molecular flexibility index (Phi) is 6.09. The Labute approximate surface area is 158 Å². The number of piperidine rings is 2. The summed E-state index contributed by atoms with van der Waals surface area (Å²) in [6.07, 6.45) is 3.24. The van der Waals surface area contributed by atoms with Gasteiger partial charge in [-0.2, -0.15) is 0 Å². The minimum atomic E-state index is -0.812. The molecule has 148 valence electrons. The van der Waals surface area contributed by atoms with Crippen molar-refractivity contribution in [3.05, 3.63) is 35.4 Å². The summed E-state index contributed by atoms with van der Waals surface area (Å²) in [7, 11) is 3.51. The standard InChI is InChI=1S/C20H27F2N3O2/c1-24(2)19(26)5-3-4-18-14-8-13(10-23-18)11-25(12-14)20(27)16-7-6-15(21)9-17(16)22/h6-7,9,13-14,18,23H,3-5,8,10-12H2,1-2H3/t13?,14?,18-/m1/s1. The third kappa shape index (κ3) is 4.64. The van der Waals surface area contributed by atoms with E-state index in [0.717, 1.165) is 37.9 Å².